The van der Waals surface area contributed by atoms with Crippen molar-refractivity contribution in [3.8, 4) is 11.5 Å². The fourth-order valence-electron chi connectivity index (χ4n) is 5.40. The minimum Gasteiger partial charge on any atom is -0.493 e. The summed E-state index contributed by atoms with van der Waals surface area (Å²) in [6.45, 7) is 4.46. The predicted octanol–water partition coefficient (Wildman–Crippen LogP) is 3.79. The number of carbonyl (C=O) groups excluding carboxylic acids is 1. The van der Waals surface area contributed by atoms with Crippen molar-refractivity contribution < 1.29 is 27.8 Å². The third-order valence-electron chi connectivity index (χ3n) is 7.75. The number of nitrogens with one attached hydrogen (secondary N) is 1. The molecule has 1 saturated carbocycles. The maximum atomic E-state index is 15.3. The second kappa shape index (κ2) is 11.4. The molecular weight excluding hydrogens is 505 g/mol. The fraction of sp³-hybridized carbons (Fsp3) is 0.464. The van der Waals surface area contributed by atoms with E-state index in [4.69, 9.17) is 19.6 Å². The number of allylic oxidation sites excluding steroid dienone is 1. The fourth-order valence-corrected chi connectivity index (χ4v) is 5.40. The quantitative estimate of drug-likeness (QED) is 0.282. The van der Waals surface area contributed by atoms with Crippen molar-refractivity contribution in [3.05, 3.63) is 52.8 Å². The zero-order valence-electron chi connectivity index (χ0n) is 22.3. The highest BCUT2D eigenvalue weighted by atomic mass is 19.1. The van der Waals surface area contributed by atoms with Crippen molar-refractivity contribution >= 4 is 30.7 Å². The lowest BCUT2D eigenvalue weighted by Crippen LogP contribution is -2.45. The van der Waals surface area contributed by atoms with E-state index in [1.54, 1.807) is 6.20 Å². The largest absolute Gasteiger partial charge is 0.493 e. The molecule has 0 unspecified atom stereocenters. The van der Waals surface area contributed by atoms with Gasteiger partial charge in [0.25, 0.3) is 0 Å². The Bertz CT molecular complexity index is 1270. The molecule has 5 rings (SSSR count). The van der Waals surface area contributed by atoms with Gasteiger partial charge in [0.15, 0.2) is 23.1 Å². The van der Waals surface area contributed by atoms with Crippen LogP contribution in [0.1, 0.15) is 36.1 Å². The van der Waals surface area contributed by atoms with Gasteiger partial charge in [-0.2, -0.15) is 0 Å². The molecule has 1 N–H and O–H groups in total. The number of nitrogens with zero attached hydrogens (tertiary/aromatic N) is 3. The number of hydrogen-bond donors (Lipinski definition) is 1. The number of ether oxygens (including phenoxy) is 3. The maximum absolute atomic E-state index is 15.3. The molecule has 2 aromatic rings. The van der Waals surface area contributed by atoms with Crippen molar-refractivity contribution in [2.24, 2.45) is 0 Å². The van der Waals surface area contributed by atoms with Crippen LogP contribution in [0.2, 0.25) is 6.32 Å². The van der Waals surface area contributed by atoms with E-state index in [0.717, 1.165) is 67.7 Å². The number of hydrogen-bond acceptors (Lipinski definition) is 7. The van der Waals surface area contributed by atoms with Gasteiger partial charge in [0.2, 0.25) is 5.91 Å². The second-order valence-corrected chi connectivity index (χ2v) is 10.1. The number of morpholine rings is 1. The minimum absolute atomic E-state index is 0.0370. The first kappa shape index (κ1) is 27.3. The van der Waals surface area contributed by atoms with Crippen LogP contribution >= 0.6 is 0 Å². The summed E-state index contributed by atoms with van der Waals surface area (Å²) in [5, 5.41) is 7.94. The van der Waals surface area contributed by atoms with Crippen LogP contribution in [-0.2, 0) is 21.5 Å². The first-order valence-electron chi connectivity index (χ1n) is 13.2. The summed E-state index contributed by atoms with van der Waals surface area (Å²) >= 11 is 0. The lowest BCUT2D eigenvalue weighted by Gasteiger charge is -2.35. The molecule has 8 nitrogen and oxygen atoms in total. The first-order valence-corrected chi connectivity index (χ1v) is 13.2. The molecule has 39 heavy (non-hydrogen) atoms. The summed E-state index contributed by atoms with van der Waals surface area (Å²) < 4.78 is 46.1. The van der Waals surface area contributed by atoms with Gasteiger partial charge in [-0.3, -0.25) is 14.7 Å². The van der Waals surface area contributed by atoms with Gasteiger partial charge >= 0.3 is 0 Å². The van der Waals surface area contributed by atoms with Crippen molar-refractivity contribution in [1.82, 2.24) is 9.88 Å². The molecule has 1 amide bonds. The Hall–Kier alpha value is -3.31. The van der Waals surface area contributed by atoms with Crippen molar-refractivity contribution in [2.75, 3.05) is 52.0 Å². The second-order valence-electron chi connectivity index (χ2n) is 10.1. The lowest BCUT2D eigenvalue weighted by molar-refractivity contribution is -0.121. The van der Waals surface area contributed by atoms with Gasteiger partial charge in [-0.05, 0) is 43.0 Å². The Kier molecular flexibility index (Phi) is 7.99. The van der Waals surface area contributed by atoms with Crippen LogP contribution in [0.25, 0.3) is 5.57 Å². The summed E-state index contributed by atoms with van der Waals surface area (Å²) in [6.07, 6.45) is 5.93. The van der Waals surface area contributed by atoms with Crippen LogP contribution in [0, 0.1) is 17.0 Å². The smallest absolute Gasteiger partial charge is 0.238 e. The summed E-state index contributed by atoms with van der Waals surface area (Å²) in [5.74, 6) is -0.790. The van der Waals surface area contributed by atoms with Crippen LogP contribution in [-0.4, -0.2) is 76.4 Å². The summed E-state index contributed by atoms with van der Waals surface area (Å²) in [7, 11) is 4.59. The topological polar surface area (TPSA) is 88.0 Å². The van der Waals surface area contributed by atoms with E-state index in [9.17, 15) is 4.79 Å². The van der Waals surface area contributed by atoms with E-state index in [1.807, 2.05) is 19.3 Å². The molecule has 2 fully saturated rings. The standard InChI is InChI=1S/C28H32BF2N4O4/c1-37-22-13-23(38-2)25(31)26(24(22)30)35-17-19-16-33-21(12-20(19)28(4-5-28)27(35)36)18(15-32)14-29-6-3-7-34-8-10-39-11-9-34/h12-16,32H,3-11,17H2,1-2H3/b18-14+,32-15?. The number of halogens is 2. The normalized spacial score (nSPS) is 18.6. The van der Waals surface area contributed by atoms with Crippen LogP contribution in [0.4, 0.5) is 14.5 Å². The van der Waals surface area contributed by atoms with Crippen molar-refractivity contribution in [2.45, 2.75) is 37.5 Å². The zero-order valence-corrected chi connectivity index (χ0v) is 22.3. The summed E-state index contributed by atoms with van der Waals surface area (Å²) in [5.41, 5.74) is 1.42. The van der Waals surface area contributed by atoms with Gasteiger partial charge in [0, 0.05) is 37.1 Å². The highest BCUT2D eigenvalue weighted by Gasteiger charge is 2.57. The molecule has 1 aromatic heterocycles. The third-order valence-corrected chi connectivity index (χ3v) is 7.75. The van der Waals surface area contributed by atoms with Crippen molar-refractivity contribution in [3.63, 3.8) is 0 Å². The van der Waals surface area contributed by atoms with E-state index in [0.29, 0.717) is 24.1 Å². The Morgan fingerprint density at radius 1 is 1.18 bits per heavy atom. The third kappa shape index (κ3) is 5.17. The first-order chi connectivity index (χ1) is 18.9. The Labute approximate surface area is 227 Å². The number of carbonyl (C=O) groups is 1. The molecule has 11 heteroatoms. The van der Waals surface area contributed by atoms with E-state index < -0.39 is 22.7 Å². The summed E-state index contributed by atoms with van der Waals surface area (Å²) in [4.78, 5) is 21.8. The molecule has 0 bridgehead atoms. The molecule has 3 aliphatic rings. The van der Waals surface area contributed by atoms with E-state index >= 15 is 8.78 Å². The van der Waals surface area contributed by atoms with Crippen molar-refractivity contribution in [1.29, 1.82) is 5.41 Å². The van der Waals surface area contributed by atoms with Gasteiger partial charge in [-0.1, -0.05) is 6.32 Å². The van der Waals surface area contributed by atoms with Crippen LogP contribution in [0.5, 0.6) is 11.5 Å². The van der Waals surface area contributed by atoms with E-state index in [-0.39, 0.29) is 24.0 Å². The van der Waals surface area contributed by atoms with Crippen LogP contribution in [0.3, 0.4) is 0 Å². The summed E-state index contributed by atoms with van der Waals surface area (Å²) in [6, 6.07) is 2.98. The molecule has 1 saturated heterocycles. The highest BCUT2D eigenvalue weighted by Crippen LogP contribution is 2.55. The monoisotopic (exact) mass is 537 g/mol. The van der Waals surface area contributed by atoms with Gasteiger partial charge < -0.3 is 24.5 Å². The number of benzene rings is 1. The SMILES string of the molecule is COc1cc(OC)c(F)c(N2Cc3cnc(/C(C=N)=C/[B]CCCN4CCOCC4)cc3C3(CC3)C2=O)c1F. The average Bonchev–Trinajstić information content (AvgIpc) is 3.76. The van der Waals surface area contributed by atoms with Gasteiger partial charge in [0.05, 0.1) is 45.1 Å². The molecule has 1 radical (unpaired) electrons. The Morgan fingerprint density at radius 3 is 2.49 bits per heavy atom. The van der Waals surface area contributed by atoms with Crippen LogP contribution < -0.4 is 14.4 Å². The number of anilines is 1. The zero-order chi connectivity index (χ0) is 27.6. The van der Waals surface area contributed by atoms with E-state index in [1.165, 1.54) is 20.4 Å². The van der Waals surface area contributed by atoms with Gasteiger partial charge in [-0.15, -0.1) is 5.98 Å². The number of pyridine rings is 1. The molecule has 1 aromatic carbocycles. The minimum atomic E-state index is -0.953. The number of amides is 1. The highest BCUT2D eigenvalue weighted by molar-refractivity contribution is 6.45. The maximum Gasteiger partial charge on any atom is 0.238 e. The molecule has 3 heterocycles. The van der Waals surface area contributed by atoms with Crippen LogP contribution in [0.15, 0.2) is 24.3 Å². The Balaban J connectivity index is 1.37. The Morgan fingerprint density at radius 2 is 1.87 bits per heavy atom. The number of rotatable bonds is 10. The van der Waals surface area contributed by atoms with Gasteiger partial charge in [-0.25, -0.2) is 8.78 Å². The number of aromatic nitrogens is 1. The molecule has 0 atom stereocenters. The lowest BCUT2D eigenvalue weighted by atomic mass is 9.71. The predicted molar refractivity (Wildman–Crippen MR) is 145 cm³/mol. The molecule has 1 spiro atoms. The van der Waals surface area contributed by atoms with E-state index in [2.05, 4.69) is 9.88 Å². The molecule has 2 aliphatic heterocycles. The number of fused-ring (bicyclic) bond motifs is 2. The average molecular weight is 537 g/mol. The number of methoxy groups -OCH3 is 2. The molecule has 1 aliphatic carbocycles. The molecular formula is C28H32BF2N4O4. The molecule has 205 valence electrons. The van der Waals surface area contributed by atoms with Gasteiger partial charge in [0.1, 0.15) is 13.0 Å².